The van der Waals surface area contributed by atoms with Crippen molar-refractivity contribution in [2.24, 2.45) is 5.18 Å². The number of carbonyl (C=O) groups excluding carboxylic acids is 2. The minimum Gasteiger partial charge on any atom is -0.320 e. The zero-order valence-electron chi connectivity index (χ0n) is 11.7. The lowest BCUT2D eigenvalue weighted by Crippen LogP contribution is -2.43. The fourth-order valence-corrected chi connectivity index (χ4v) is 2.70. The van der Waals surface area contributed by atoms with Crippen molar-refractivity contribution in [3.8, 4) is 0 Å². The normalized spacial score (nSPS) is 17.0. The number of nitroso groups, excluding NO2 is 1. The average molecular weight is 295 g/mol. The van der Waals surface area contributed by atoms with Gasteiger partial charge in [0, 0.05) is 11.4 Å². The van der Waals surface area contributed by atoms with E-state index >= 15 is 0 Å². The third-order valence-electron chi connectivity index (χ3n) is 3.71. The first-order valence-electron chi connectivity index (χ1n) is 6.85. The molecule has 0 bridgehead atoms. The van der Waals surface area contributed by atoms with Crippen molar-refractivity contribution in [3.05, 3.63) is 70.4 Å². The van der Waals surface area contributed by atoms with E-state index in [1.165, 1.54) is 4.90 Å². The Morgan fingerprint density at radius 2 is 2.00 bits per heavy atom. The molecule has 0 aliphatic carbocycles. The molecule has 2 heterocycles. The maximum Gasteiger partial charge on any atom is 0.313 e. The zero-order chi connectivity index (χ0) is 15.5. The minimum absolute atomic E-state index is 0.167. The van der Waals surface area contributed by atoms with Gasteiger partial charge in [-0.2, -0.15) is 0 Å². The van der Waals surface area contributed by atoms with Crippen LogP contribution in [0.25, 0.3) is 0 Å². The van der Waals surface area contributed by atoms with Crippen molar-refractivity contribution in [3.63, 3.8) is 0 Å². The van der Waals surface area contributed by atoms with E-state index in [4.69, 9.17) is 0 Å². The Morgan fingerprint density at radius 1 is 1.23 bits per heavy atom. The van der Waals surface area contributed by atoms with E-state index in [2.05, 4.69) is 10.2 Å². The molecule has 1 aliphatic heterocycles. The Morgan fingerprint density at radius 3 is 2.73 bits per heavy atom. The van der Waals surface area contributed by atoms with Crippen molar-refractivity contribution >= 4 is 11.8 Å². The molecule has 0 saturated heterocycles. The number of carbonyl (C=O) groups is 2. The van der Waals surface area contributed by atoms with E-state index in [0.717, 1.165) is 5.56 Å². The number of aromatic nitrogens is 1. The Labute approximate surface area is 126 Å². The standard InChI is InChI=1S/C16H13N3O3/c20-14-9-11-5-1-2-7-13(11)15(16(21)18-22)19(14)10-12-6-3-4-8-17-12/h1-8,15H,9-10H2. The molecule has 1 unspecified atom stereocenters. The highest BCUT2D eigenvalue weighted by Crippen LogP contribution is 2.32. The molecule has 2 aromatic rings. The molecule has 1 aliphatic rings. The van der Waals surface area contributed by atoms with Crippen LogP contribution in [0.5, 0.6) is 0 Å². The number of amides is 2. The number of hydrogen-bond donors (Lipinski definition) is 0. The SMILES string of the molecule is O=NC(=O)C1c2ccccc2CC(=O)N1Cc1ccccn1. The van der Waals surface area contributed by atoms with Crippen molar-refractivity contribution in [1.29, 1.82) is 0 Å². The van der Waals surface area contributed by atoms with E-state index < -0.39 is 11.9 Å². The predicted octanol–water partition coefficient (Wildman–Crippen LogP) is 2.00. The van der Waals surface area contributed by atoms with Crippen LogP contribution in [0.3, 0.4) is 0 Å². The van der Waals surface area contributed by atoms with Gasteiger partial charge in [0.05, 0.1) is 18.7 Å². The van der Waals surface area contributed by atoms with Crippen LogP contribution in [-0.2, 0) is 22.6 Å². The number of fused-ring (bicyclic) bond motifs is 1. The minimum atomic E-state index is -0.975. The largest absolute Gasteiger partial charge is 0.320 e. The lowest BCUT2D eigenvalue weighted by Gasteiger charge is -2.34. The molecule has 110 valence electrons. The molecular formula is C16H13N3O3. The summed E-state index contributed by atoms with van der Waals surface area (Å²) in [5.74, 6) is -1.08. The Hall–Kier alpha value is -2.89. The Balaban J connectivity index is 2.02. The van der Waals surface area contributed by atoms with Crippen LogP contribution >= 0.6 is 0 Å². The van der Waals surface area contributed by atoms with E-state index in [-0.39, 0.29) is 18.9 Å². The second-order valence-corrected chi connectivity index (χ2v) is 5.05. The number of hydrogen-bond acceptors (Lipinski definition) is 4. The summed E-state index contributed by atoms with van der Waals surface area (Å²) in [7, 11) is 0. The lowest BCUT2D eigenvalue weighted by molar-refractivity contribution is -0.141. The average Bonchev–Trinajstić information content (AvgIpc) is 2.56. The highest BCUT2D eigenvalue weighted by Gasteiger charge is 2.37. The fraction of sp³-hybridized carbons (Fsp3) is 0.188. The summed E-state index contributed by atoms with van der Waals surface area (Å²) in [6, 6.07) is 11.5. The molecule has 6 nitrogen and oxygen atoms in total. The van der Waals surface area contributed by atoms with Gasteiger partial charge >= 0.3 is 5.91 Å². The van der Waals surface area contributed by atoms with Crippen LogP contribution in [0, 0.1) is 4.91 Å². The van der Waals surface area contributed by atoms with Gasteiger partial charge in [0.25, 0.3) is 0 Å². The third-order valence-corrected chi connectivity index (χ3v) is 3.71. The smallest absolute Gasteiger partial charge is 0.313 e. The van der Waals surface area contributed by atoms with Crippen molar-refractivity contribution in [2.75, 3.05) is 0 Å². The number of benzene rings is 1. The third kappa shape index (κ3) is 2.50. The molecule has 2 amide bonds. The maximum absolute atomic E-state index is 12.4. The number of rotatable bonds is 3. The highest BCUT2D eigenvalue weighted by molar-refractivity contribution is 5.92. The quantitative estimate of drug-likeness (QED) is 0.811. The first-order chi connectivity index (χ1) is 10.7. The summed E-state index contributed by atoms with van der Waals surface area (Å²) in [4.78, 5) is 40.7. The van der Waals surface area contributed by atoms with E-state index in [9.17, 15) is 14.5 Å². The van der Waals surface area contributed by atoms with Crippen LogP contribution in [0.4, 0.5) is 0 Å². The summed E-state index contributed by atoms with van der Waals surface area (Å²) < 4.78 is 0. The maximum atomic E-state index is 12.4. The second kappa shape index (κ2) is 5.85. The topological polar surface area (TPSA) is 79.7 Å². The second-order valence-electron chi connectivity index (χ2n) is 5.05. The summed E-state index contributed by atoms with van der Waals surface area (Å²) in [6.45, 7) is 0.167. The van der Waals surface area contributed by atoms with Gasteiger partial charge < -0.3 is 4.90 Å². The van der Waals surface area contributed by atoms with E-state index in [1.54, 1.807) is 48.7 Å². The van der Waals surface area contributed by atoms with E-state index in [1.807, 2.05) is 0 Å². The summed E-state index contributed by atoms with van der Waals surface area (Å²) in [5.41, 5.74) is 2.06. The number of nitrogens with zero attached hydrogens (tertiary/aromatic N) is 3. The van der Waals surface area contributed by atoms with Crippen molar-refractivity contribution in [1.82, 2.24) is 9.88 Å². The first-order valence-corrected chi connectivity index (χ1v) is 6.85. The van der Waals surface area contributed by atoms with Gasteiger partial charge in [-0.3, -0.25) is 14.6 Å². The molecule has 0 saturated carbocycles. The van der Waals surface area contributed by atoms with E-state index in [0.29, 0.717) is 11.3 Å². The van der Waals surface area contributed by atoms with Crippen LogP contribution < -0.4 is 0 Å². The molecule has 6 heteroatoms. The lowest BCUT2D eigenvalue weighted by atomic mass is 9.91. The molecule has 22 heavy (non-hydrogen) atoms. The Kier molecular flexibility index (Phi) is 3.74. The molecule has 3 rings (SSSR count). The molecule has 1 aromatic carbocycles. The van der Waals surface area contributed by atoms with Gasteiger partial charge in [-0.1, -0.05) is 30.3 Å². The first kappa shape index (κ1) is 14.1. The molecular weight excluding hydrogens is 282 g/mol. The summed E-state index contributed by atoms with van der Waals surface area (Å²) >= 11 is 0. The molecule has 0 radical (unpaired) electrons. The van der Waals surface area contributed by atoms with Crippen molar-refractivity contribution < 1.29 is 9.59 Å². The Bertz CT molecular complexity index is 730. The van der Waals surface area contributed by atoms with Gasteiger partial charge in [0.2, 0.25) is 5.91 Å². The fourth-order valence-electron chi connectivity index (χ4n) is 2.70. The molecule has 0 fully saturated rings. The van der Waals surface area contributed by atoms with Gasteiger partial charge in [-0.05, 0) is 23.3 Å². The molecule has 1 aromatic heterocycles. The van der Waals surface area contributed by atoms with Crippen molar-refractivity contribution in [2.45, 2.75) is 19.0 Å². The monoisotopic (exact) mass is 295 g/mol. The van der Waals surface area contributed by atoms with Crippen LogP contribution in [0.1, 0.15) is 22.9 Å². The van der Waals surface area contributed by atoms with Crippen LogP contribution in [0.2, 0.25) is 0 Å². The number of pyridine rings is 1. The summed E-state index contributed by atoms with van der Waals surface area (Å²) in [5, 5.41) is 2.53. The molecule has 0 N–H and O–H groups in total. The van der Waals surface area contributed by atoms with Crippen LogP contribution in [0.15, 0.2) is 53.8 Å². The molecule has 1 atom stereocenters. The van der Waals surface area contributed by atoms with Gasteiger partial charge in [-0.15, -0.1) is 4.91 Å². The van der Waals surface area contributed by atoms with Crippen LogP contribution in [-0.4, -0.2) is 21.7 Å². The summed E-state index contributed by atoms with van der Waals surface area (Å²) in [6.07, 6.45) is 1.82. The van der Waals surface area contributed by atoms with Gasteiger partial charge in [0.1, 0.15) is 6.04 Å². The molecule has 0 spiro atoms. The predicted molar refractivity (Wildman–Crippen MR) is 78.5 cm³/mol. The van der Waals surface area contributed by atoms with Gasteiger partial charge in [-0.25, -0.2) is 0 Å². The highest BCUT2D eigenvalue weighted by atomic mass is 16.3. The zero-order valence-corrected chi connectivity index (χ0v) is 11.7. The van der Waals surface area contributed by atoms with Gasteiger partial charge in [0.15, 0.2) is 0 Å².